The summed E-state index contributed by atoms with van der Waals surface area (Å²) in [5.74, 6) is 0.287. The van der Waals surface area contributed by atoms with Crippen molar-refractivity contribution in [3.8, 4) is 0 Å². The van der Waals surface area contributed by atoms with E-state index in [1.165, 1.54) is 12.1 Å². The van der Waals surface area contributed by atoms with Crippen LogP contribution in [0.3, 0.4) is 0 Å². The van der Waals surface area contributed by atoms with Gasteiger partial charge in [0.15, 0.2) is 0 Å². The number of furan rings is 1. The number of hydrogen-bond acceptors (Lipinski definition) is 5. The Balaban J connectivity index is 1.76. The molecule has 5 nitrogen and oxygen atoms in total. The summed E-state index contributed by atoms with van der Waals surface area (Å²) in [4.78, 5) is 0.0585. The van der Waals surface area contributed by atoms with Crippen molar-refractivity contribution in [2.24, 2.45) is 0 Å². The molecule has 0 spiro atoms. The molecule has 1 N–H and O–H groups in total. The highest BCUT2D eigenvalue weighted by Gasteiger charge is 2.21. The van der Waals surface area contributed by atoms with Crippen molar-refractivity contribution in [1.82, 2.24) is 0 Å². The van der Waals surface area contributed by atoms with E-state index in [9.17, 15) is 13.5 Å². The van der Waals surface area contributed by atoms with Gasteiger partial charge in [0.2, 0.25) is 0 Å². The predicted octanol–water partition coefficient (Wildman–Crippen LogP) is 3.74. The Morgan fingerprint density at radius 2 is 1.88 bits per heavy atom. The lowest BCUT2D eigenvalue weighted by atomic mass is 10.1. The summed E-state index contributed by atoms with van der Waals surface area (Å²) in [7, 11) is -3.92. The maximum atomic E-state index is 12.2. The molecule has 0 radical (unpaired) electrons. The van der Waals surface area contributed by atoms with Crippen molar-refractivity contribution in [2.45, 2.75) is 31.3 Å². The molecule has 0 fully saturated rings. The van der Waals surface area contributed by atoms with E-state index in [0.29, 0.717) is 5.58 Å². The Kier molecular flexibility index (Phi) is 4.94. The number of hydrogen-bond donors (Lipinski definition) is 1. The average molecular weight is 360 g/mol. The number of aryl methyl sites for hydroxylation is 2. The van der Waals surface area contributed by atoms with E-state index >= 15 is 0 Å². The zero-order valence-electron chi connectivity index (χ0n) is 14.1. The van der Waals surface area contributed by atoms with Gasteiger partial charge in [0.1, 0.15) is 17.4 Å². The number of fused-ring (bicyclic) bond motifs is 1. The molecule has 0 saturated heterocycles. The molecule has 3 aromatic rings. The molecule has 132 valence electrons. The minimum absolute atomic E-state index is 0.0585. The molecule has 1 atom stereocenters. The number of aliphatic hydroxyl groups excluding tert-OH is 1. The van der Waals surface area contributed by atoms with Crippen LogP contribution in [-0.2, 0) is 20.7 Å². The largest absolute Gasteiger partial charge is 0.458 e. The Bertz CT molecular complexity index is 971. The van der Waals surface area contributed by atoms with Crippen LogP contribution in [0.25, 0.3) is 11.0 Å². The average Bonchev–Trinajstić information content (AvgIpc) is 3.04. The summed E-state index contributed by atoms with van der Waals surface area (Å²) < 4.78 is 35.1. The van der Waals surface area contributed by atoms with Crippen LogP contribution in [0.2, 0.25) is 0 Å². The van der Waals surface area contributed by atoms with Crippen LogP contribution in [0.5, 0.6) is 0 Å². The fourth-order valence-electron chi connectivity index (χ4n) is 2.60. The van der Waals surface area contributed by atoms with E-state index in [1.54, 1.807) is 18.2 Å². The lowest BCUT2D eigenvalue weighted by Gasteiger charge is -2.09. The molecule has 2 aromatic carbocycles. The van der Waals surface area contributed by atoms with Gasteiger partial charge in [-0.25, -0.2) is 0 Å². The molecule has 3 rings (SSSR count). The third-order valence-electron chi connectivity index (χ3n) is 4.04. The third-order valence-corrected chi connectivity index (χ3v) is 5.34. The summed E-state index contributed by atoms with van der Waals surface area (Å²) in [5, 5.41) is 11.1. The predicted molar refractivity (Wildman–Crippen MR) is 94.9 cm³/mol. The maximum absolute atomic E-state index is 12.2. The molecule has 0 amide bonds. The molecule has 25 heavy (non-hydrogen) atoms. The zero-order valence-corrected chi connectivity index (χ0v) is 14.9. The van der Waals surface area contributed by atoms with Crippen molar-refractivity contribution in [2.75, 3.05) is 6.61 Å². The monoisotopic (exact) mass is 360 g/mol. The van der Waals surface area contributed by atoms with Gasteiger partial charge >= 0.3 is 0 Å². The fourth-order valence-corrected chi connectivity index (χ4v) is 3.51. The first-order chi connectivity index (χ1) is 11.9. The molecule has 0 unspecified atom stereocenters. The van der Waals surface area contributed by atoms with E-state index in [2.05, 4.69) is 0 Å². The number of aliphatic hydroxyl groups is 1. The Morgan fingerprint density at radius 1 is 1.16 bits per heavy atom. The quantitative estimate of drug-likeness (QED) is 0.678. The smallest absolute Gasteiger partial charge is 0.297 e. The van der Waals surface area contributed by atoms with Gasteiger partial charge in [0.05, 0.1) is 11.5 Å². The minimum atomic E-state index is -3.92. The number of para-hydroxylation sites is 1. The maximum Gasteiger partial charge on any atom is 0.297 e. The van der Waals surface area contributed by atoms with E-state index < -0.39 is 22.8 Å². The number of rotatable bonds is 6. The van der Waals surface area contributed by atoms with Crippen molar-refractivity contribution < 1.29 is 22.1 Å². The molecule has 0 saturated carbocycles. The Hall–Kier alpha value is -2.15. The van der Waals surface area contributed by atoms with Gasteiger partial charge in [-0.15, -0.1) is 0 Å². The lowest BCUT2D eigenvalue weighted by molar-refractivity contribution is 0.0932. The Morgan fingerprint density at radius 3 is 2.56 bits per heavy atom. The summed E-state index contributed by atoms with van der Waals surface area (Å²) in [6.45, 7) is 3.48. The summed E-state index contributed by atoms with van der Waals surface area (Å²) in [6.07, 6.45) is -0.365. The minimum Gasteiger partial charge on any atom is -0.458 e. The third kappa shape index (κ3) is 3.76. The van der Waals surface area contributed by atoms with Gasteiger partial charge in [0, 0.05) is 5.39 Å². The highest BCUT2D eigenvalue weighted by Crippen LogP contribution is 2.28. The van der Waals surface area contributed by atoms with Crippen LogP contribution < -0.4 is 0 Å². The molecule has 0 aliphatic heterocycles. The molecule has 6 heteroatoms. The highest BCUT2D eigenvalue weighted by atomic mass is 32.2. The van der Waals surface area contributed by atoms with Crippen molar-refractivity contribution in [3.63, 3.8) is 0 Å². The standard InChI is InChI=1S/C19H20O5S/c1-3-14-5-4-6-15-11-18(24-19(14)15)17(20)12-23-25(21,22)16-9-7-13(2)8-10-16/h4-11,17,20H,3,12H2,1-2H3/t17-/m0/s1. The van der Waals surface area contributed by atoms with Crippen LogP contribution >= 0.6 is 0 Å². The molecule has 0 bridgehead atoms. The first-order valence-electron chi connectivity index (χ1n) is 8.06. The topological polar surface area (TPSA) is 76.7 Å². The van der Waals surface area contributed by atoms with Gasteiger partial charge in [-0.2, -0.15) is 8.42 Å². The van der Waals surface area contributed by atoms with E-state index in [4.69, 9.17) is 8.60 Å². The van der Waals surface area contributed by atoms with Crippen molar-refractivity contribution in [3.05, 3.63) is 65.4 Å². The second-order valence-corrected chi connectivity index (χ2v) is 7.52. The second-order valence-electron chi connectivity index (χ2n) is 5.91. The van der Waals surface area contributed by atoms with Crippen LogP contribution in [0.4, 0.5) is 0 Å². The van der Waals surface area contributed by atoms with Crippen LogP contribution in [0.15, 0.2) is 57.8 Å². The molecule has 0 aliphatic rings. The summed E-state index contributed by atoms with van der Waals surface area (Å²) >= 11 is 0. The SMILES string of the molecule is CCc1cccc2cc([C@@H](O)COS(=O)(=O)c3ccc(C)cc3)oc12. The van der Waals surface area contributed by atoms with Crippen molar-refractivity contribution >= 4 is 21.1 Å². The van der Waals surface area contributed by atoms with E-state index in [-0.39, 0.29) is 10.7 Å². The first-order valence-corrected chi connectivity index (χ1v) is 9.47. The van der Waals surface area contributed by atoms with Gasteiger partial charge in [-0.05, 0) is 37.1 Å². The zero-order chi connectivity index (χ0) is 18.0. The summed E-state index contributed by atoms with van der Waals surface area (Å²) in [6, 6.07) is 13.8. The van der Waals surface area contributed by atoms with Gasteiger partial charge in [0.25, 0.3) is 10.1 Å². The van der Waals surface area contributed by atoms with Crippen molar-refractivity contribution in [1.29, 1.82) is 0 Å². The van der Waals surface area contributed by atoms with Gasteiger partial charge in [-0.1, -0.05) is 42.8 Å². The highest BCUT2D eigenvalue weighted by molar-refractivity contribution is 7.86. The van der Waals surface area contributed by atoms with Crippen LogP contribution in [0.1, 0.15) is 29.9 Å². The molecule has 1 aromatic heterocycles. The second kappa shape index (κ2) is 7.00. The normalized spacial score (nSPS) is 13.2. The summed E-state index contributed by atoms with van der Waals surface area (Å²) in [5.41, 5.74) is 2.69. The van der Waals surface area contributed by atoms with E-state index in [0.717, 1.165) is 22.9 Å². The van der Waals surface area contributed by atoms with E-state index in [1.807, 2.05) is 32.0 Å². The molecule has 0 aliphatic carbocycles. The Labute approximate surface area is 147 Å². The molecular weight excluding hydrogens is 340 g/mol. The molecular formula is C19H20O5S. The first kappa shape index (κ1) is 17.7. The van der Waals surface area contributed by atoms with Gasteiger partial charge in [-0.3, -0.25) is 4.18 Å². The van der Waals surface area contributed by atoms with Gasteiger partial charge < -0.3 is 9.52 Å². The van der Waals surface area contributed by atoms with Crippen LogP contribution in [0, 0.1) is 6.92 Å². The van der Waals surface area contributed by atoms with Crippen LogP contribution in [-0.4, -0.2) is 20.1 Å². The fraction of sp³-hybridized carbons (Fsp3) is 0.263. The lowest BCUT2D eigenvalue weighted by Crippen LogP contribution is -2.13. The molecule has 1 heterocycles. The number of benzene rings is 2.